The molecule has 36 heavy (non-hydrogen) atoms. The number of hydrogen-bond acceptors (Lipinski definition) is 4. The molecule has 1 fully saturated rings. The minimum atomic E-state index is -0.314. The number of aryl methyl sites for hydroxylation is 1. The monoisotopic (exact) mass is 491 g/mol. The van der Waals surface area contributed by atoms with Crippen molar-refractivity contribution in [2.24, 2.45) is 5.41 Å². The summed E-state index contributed by atoms with van der Waals surface area (Å²) in [7, 11) is 0. The maximum absolute atomic E-state index is 13.6. The third-order valence-corrected chi connectivity index (χ3v) is 7.69. The third kappa shape index (κ3) is 7.10. The number of benzene rings is 2. The summed E-state index contributed by atoms with van der Waals surface area (Å²) in [5.41, 5.74) is 1.62. The predicted molar refractivity (Wildman–Crippen MR) is 143 cm³/mol. The van der Waals surface area contributed by atoms with Gasteiger partial charge in [0.1, 0.15) is 12.4 Å². The van der Waals surface area contributed by atoms with E-state index in [9.17, 15) is 9.59 Å². The average molecular weight is 492 g/mol. The topological polar surface area (TPSA) is 70.7 Å². The molecule has 2 amide bonds. The number of para-hydroxylation sites is 1. The van der Waals surface area contributed by atoms with Crippen LogP contribution in [-0.2, 0) is 11.2 Å². The molecular formula is C30H41N3O3. The number of nitrogens with zero attached hydrogens (tertiary/aromatic N) is 1. The van der Waals surface area contributed by atoms with Crippen molar-refractivity contribution in [1.82, 2.24) is 15.5 Å². The van der Waals surface area contributed by atoms with Crippen molar-refractivity contribution in [1.29, 1.82) is 0 Å². The summed E-state index contributed by atoms with van der Waals surface area (Å²) in [5.74, 6) is 0.623. The van der Waals surface area contributed by atoms with Crippen LogP contribution in [0.2, 0.25) is 0 Å². The van der Waals surface area contributed by atoms with Gasteiger partial charge in [-0.2, -0.15) is 0 Å². The number of carbonyl (C=O) groups is 2. The Bertz CT molecular complexity index is 986. The Labute approximate surface area is 215 Å². The van der Waals surface area contributed by atoms with E-state index in [2.05, 4.69) is 45.9 Å². The zero-order chi connectivity index (χ0) is 25.2. The van der Waals surface area contributed by atoms with Crippen LogP contribution in [0.5, 0.6) is 5.75 Å². The van der Waals surface area contributed by atoms with E-state index in [1.807, 2.05) is 25.1 Å². The van der Waals surface area contributed by atoms with Gasteiger partial charge in [0, 0.05) is 6.54 Å². The zero-order valence-corrected chi connectivity index (χ0v) is 21.6. The van der Waals surface area contributed by atoms with E-state index in [0.29, 0.717) is 24.5 Å². The van der Waals surface area contributed by atoms with Gasteiger partial charge in [0.2, 0.25) is 5.91 Å². The van der Waals surface area contributed by atoms with Gasteiger partial charge in [-0.15, -0.1) is 0 Å². The molecule has 1 saturated heterocycles. The van der Waals surface area contributed by atoms with E-state index < -0.39 is 0 Å². The molecule has 2 aliphatic rings. The number of likely N-dealkylation sites (tertiary alicyclic amines) is 1. The second-order valence-corrected chi connectivity index (χ2v) is 10.5. The maximum Gasteiger partial charge on any atom is 0.255 e. The minimum Gasteiger partial charge on any atom is -0.491 e. The first-order chi connectivity index (χ1) is 17.6. The summed E-state index contributed by atoms with van der Waals surface area (Å²) in [4.78, 5) is 28.8. The average Bonchev–Trinajstić information content (AvgIpc) is 2.90. The molecule has 0 aliphatic carbocycles. The molecule has 0 radical (unpaired) electrons. The number of carbonyl (C=O) groups excluding carboxylic acids is 2. The first-order valence-corrected chi connectivity index (χ1v) is 13.6. The van der Waals surface area contributed by atoms with Crippen LogP contribution in [-0.4, -0.2) is 55.5 Å². The molecular weight excluding hydrogens is 450 g/mol. The number of piperidine rings is 1. The Morgan fingerprint density at radius 2 is 1.69 bits per heavy atom. The normalized spacial score (nSPS) is 21.9. The Morgan fingerprint density at radius 1 is 0.944 bits per heavy atom. The van der Waals surface area contributed by atoms with Crippen molar-refractivity contribution >= 4 is 11.8 Å². The first kappa shape index (κ1) is 26.2. The van der Waals surface area contributed by atoms with Crippen LogP contribution in [0.1, 0.15) is 67.8 Å². The molecule has 4 rings (SSSR count). The van der Waals surface area contributed by atoms with Crippen molar-refractivity contribution in [3.8, 4) is 5.75 Å². The van der Waals surface area contributed by atoms with Crippen LogP contribution in [0, 0.1) is 5.41 Å². The molecule has 2 heterocycles. The molecule has 1 spiro atoms. The molecule has 2 aromatic rings. The number of hydrogen-bond donors (Lipinski definition) is 2. The summed E-state index contributed by atoms with van der Waals surface area (Å²) in [6, 6.07) is 17.8. The van der Waals surface area contributed by atoms with Gasteiger partial charge in [0.05, 0.1) is 17.0 Å². The van der Waals surface area contributed by atoms with Crippen molar-refractivity contribution in [2.45, 2.75) is 64.3 Å². The van der Waals surface area contributed by atoms with E-state index >= 15 is 0 Å². The largest absolute Gasteiger partial charge is 0.491 e. The van der Waals surface area contributed by atoms with E-state index in [4.69, 9.17) is 4.74 Å². The molecule has 0 unspecified atom stereocenters. The highest BCUT2D eigenvalue weighted by atomic mass is 16.5. The molecule has 1 atom stereocenters. The highest BCUT2D eigenvalue weighted by Crippen LogP contribution is 2.37. The molecule has 0 saturated carbocycles. The standard InChI is InChI=1S/C30H41N3O3/c1-24-23-36-27-15-7-6-14-26(27)28(34)31-19-9-3-8-16-30(29(35)32-24)17-21-33(22-18-30)20-10-13-25-11-4-2-5-12-25/h2,4-7,11-12,14-15,24H,3,8-10,13,16-23H2,1H3,(H,31,34)(H,32,35)/t24-/m0/s1. The Balaban J connectivity index is 1.35. The van der Waals surface area contributed by atoms with Gasteiger partial charge in [-0.05, 0) is 82.8 Å². The lowest BCUT2D eigenvalue weighted by atomic mass is 9.73. The Hall–Kier alpha value is -2.86. The van der Waals surface area contributed by atoms with Gasteiger partial charge in [-0.3, -0.25) is 9.59 Å². The van der Waals surface area contributed by atoms with E-state index in [1.165, 1.54) is 5.56 Å². The lowest BCUT2D eigenvalue weighted by molar-refractivity contribution is -0.135. The zero-order valence-electron chi connectivity index (χ0n) is 21.6. The molecule has 2 aromatic carbocycles. The van der Waals surface area contributed by atoms with Crippen LogP contribution in [0.25, 0.3) is 0 Å². The van der Waals surface area contributed by atoms with Gasteiger partial charge in [0.15, 0.2) is 0 Å². The van der Waals surface area contributed by atoms with E-state index in [1.54, 1.807) is 6.07 Å². The highest BCUT2D eigenvalue weighted by Gasteiger charge is 2.41. The number of amides is 2. The van der Waals surface area contributed by atoms with E-state index in [0.717, 1.165) is 71.0 Å². The summed E-state index contributed by atoms with van der Waals surface area (Å²) in [5, 5.41) is 6.28. The fourth-order valence-electron chi connectivity index (χ4n) is 5.42. The quantitative estimate of drug-likeness (QED) is 0.656. The van der Waals surface area contributed by atoms with Crippen LogP contribution in [0.15, 0.2) is 54.6 Å². The fourth-order valence-corrected chi connectivity index (χ4v) is 5.42. The summed E-state index contributed by atoms with van der Waals surface area (Å²) < 4.78 is 5.98. The van der Waals surface area contributed by atoms with Crippen LogP contribution in [0.4, 0.5) is 0 Å². The first-order valence-electron chi connectivity index (χ1n) is 13.6. The number of ether oxygens (including phenoxy) is 1. The number of rotatable bonds is 4. The summed E-state index contributed by atoms with van der Waals surface area (Å²) >= 11 is 0. The molecule has 0 bridgehead atoms. The van der Waals surface area contributed by atoms with Crippen molar-refractivity contribution < 1.29 is 14.3 Å². The van der Waals surface area contributed by atoms with Crippen LogP contribution >= 0.6 is 0 Å². The van der Waals surface area contributed by atoms with Gasteiger partial charge in [0.25, 0.3) is 5.91 Å². The maximum atomic E-state index is 13.6. The summed E-state index contributed by atoms with van der Waals surface area (Å²) in [6.45, 7) is 5.96. The predicted octanol–water partition coefficient (Wildman–Crippen LogP) is 4.59. The molecule has 6 heteroatoms. The van der Waals surface area contributed by atoms with Crippen LogP contribution in [0.3, 0.4) is 0 Å². The second-order valence-electron chi connectivity index (χ2n) is 10.5. The van der Waals surface area contributed by atoms with Gasteiger partial charge >= 0.3 is 0 Å². The highest BCUT2D eigenvalue weighted by molar-refractivity contribution is 5.96. The van der Waals surface area contributed by atoms with Crippen molar-refractivity contribution in [3.63, 3.8) is 0 Å². The van der Waals surface area contributed by atoms with Crippen LogP contribution < -0.4 is 15.4 Å². The molecule has 0 aromatic heterocycles. The number of fused-ring (bicyclic) bond motifs is 1. The molecule has 6 nitrogen and oxygen atoms in total. The van der Waals surface area contributed by atoms with Gasteiger partial charge in [-0.1, -0.05) is 55.3 Å². The Kier molecular flexibility index (Phi) is 9.40. The van der Waals surface area contributed by atoms with Crippen molar-refractivity contribution in [3.05, 3.63) is 65.7 Å². The second kappa shape index (κ2) is 12.9. The number of nitrogens with one attached hydrogen (secondary N) is 2. The third-order valence-electron chi connectivity index (χ3n) is 7.69. The van der Waals surface area contributed by atoms with Gasteiger partial charge < -0.3 is 20.3 Å². The lowest BCUT2D eigenvalue weighted by Gasteiger charge is -2.41. The van der Waals surface area contributed by atoms with Crippen molar-refractivity contribution in [2.75, 3.05) is 32.8 Å². The molecule has 194 valence electrons. The minimum absolute atomic E-state index is 0.103. The molecule has 2 aliphatic heterocycles. The van der Waals surface area contributed by atoms with Gasteiger partial charge in [-0.25, -0.2) is 0 Å². The summed E-state index contributed by atoms with van der Waals surface area (Å²) in [6.07, 6.45) is 7.86. The lowest BCUT2D eigenvalue weighted by Crippen LogP contribution is -2.51. The smallest absolute Gasteiger partial charge is 0.255 e. The van der Waals surface area contributed by atoms with E-state index in [-0.39, 0.29) is 23.3 Å². The SMILES string of the molecule is C[C@H]1COc2ccccc2C(=O)NCCCCCC2(CCN(CCCc3ccccc3)CC2)C(=O)N1. The Morgan fingerprint density at radius 3 is 2.50 bits per heavy atom. The fraction of sp³-hybridized carbons (Fsp3) is 0.533. The molecule has 2 N–H and O–H groups in total.